The van der Waals surface area contributed by atoms with E-state index in [1.165, 1.54) is 3.57 Å². The van der Waals surface area contributed by atoms with Crippen LogP contribution < -0.4 is 5.56 Å². The first-order valence-corrected chi connectivity index (χ1v) is 8.20. The molecule has 3 aromatic rings. The van der Waals surface area contributed by atoms with Gasteiger partial charge < -0.3 is 0 Å². The summed E-state index contributed by atoms with van der Waals surface area (Å²) >= 11 is 2.28. The maximum Gasteiger partial charge on any atom is 0.276 e. The average molecular weight is 391 g/mol. The third-order valence-electron chi connectivity index (χ3n) is 4.04. The summed E-state index contributed by atoms with van der Waals surface area (Å²) in [6.07, 6.45) is 3.98. The molecule has 0 bridgehead atoms. The van der Waals surface area contributed by atoms with Crippen LogP contribution in [0.15, 0.2) is 35.1 Å². The van der Waals surface area contributed by atoms with Crippen LogP contribution in [-0.2, 0) is 12.8 Å². The molecule has 2 aromatic heterocycles. The molecule has 1 N–H and O–H groups in total. The second-order valence-corrected chi connectivity index (χ2v) is 6.67. The minimum absolute atomic E-state index is 0.0615. The summed E-state index contributed by atoms with van der Waals surface area (Å²) in [5, 5.41) is 3.19. The van der Waals surface area contributed by atoms with E-state index in [-0.39, 0.29) is 5.56 Å². The highest BCUT2D eigenvalue weighted by Crippen LogP contribution is 2.22. The van der Waals surface area contributed by atoms with Gasteiger partial charge in [0.25, 0.3) is 5.56 Å². The normalized spacial score (nSPS) is 14.3. The molecule has 0 unspecified atom stereocenters. The molecule has 106 valence electrons. The lowest BCUT2D eigenvalue weighted by Crippen LogP contribution is -2.24. The van der Waals surface area contributed by atoms with Crippen LogP contribution in [0, 0.1) is 3.57 Å². The number of hydrogen-bond acceptors (Lipinski definition) is 2. The minimum atomic E-state index is 0.0615. The van der Waals surface area contributed by atoms with Crippen molar-refractivity contribution in [1.29, 1.82) is 0 Å². The summed E-state index contributed by atoms with van der Waals surface area (Å²) in [6.45, 7) is 0. The minimum Gasteiger partial charge on any atom is -0.289 e. The fourth-order valence-corrected chi connectivity index (χ4v) is 3.29. The van der Waals surface area contributed by atoms with Crippen LogP contribution in [0.4, 0.5) is 0 Å². The van der Waals surface area contributed by atoms with Crippen LogP contribution in [0.1, 0.15) is 24.1 Å². The highest BCUT2D eigenvalue weighted by molar-refractivity contribution is 14.1. The number of aromatic amines is 1. The number of hydrogen-bond donors (Lipinski definition) is 1. The van der Waals surface area contributed by atoms with Gasteiger partial charge in [-0.25, -0.2) is 9.50 Å². The van der Waals surface area contributed by atoms with E-state index in [1.807, 2.05) is 6.07 Å². The third-order valence-corrected chi connectivity index (χ3v) is 4.76. The van der Waals surface area contributed by atoms with E-state index in [1.54, 1.807) is 4.52 Å². The van der Waals surface area contributed by atoms with Crippen LogP contribution in [-0.4, -0.2) is 14.6 Å². The summed E-state index contributed by atoms with van der Waals surface area (Å²) in [5.41, 5.74) is 4.64. The summed E-state index contributed by atoms with van der Waals surface area (Å²) < 4.78 is 2.77. The van der Waals surface area contributed by atoms with Crippen molar-refractivity contribution < 1.29 is 0 Å². The number of rotatable bonds is 1. The lowest BCUT2D eigenvalue weighted by molar-refractivity contribution is 0.651. The Bertz CT molecular complexity index is 877. The van der Waals surface area contributed by atoms with Gasteiger partial charge >= 0.3 is 0 Å². The molecule has 21 heavy (non-hydrogen) atoms. The van der Waals surface area contributed by atoms with Crippen molar-refractivity contribution in [1.82, 2.24) is 14.6 Å². The van der Waals surface area contributed by atoms with E-state index in [9.17, 15) is 4.79 Å². The molecule has 4 nitrogen and oxygen atoms in total. The molecular formula is C16H14IN3O. The molecule has 0 amide bonds. The van der Waals surface area contributed by atoms with Gasteiger partial charge in [0, 0.05) is 15.2 Å². The van der Waals surface area contributed by atoms with Gasteiger partial charge in [0.05, 0.1) is 11.4 Å². The molecule has 0 fully saturated rings. The lowest BCUT2D eigenvalue weighted by atomic mass is 9.97. The van der Waals surface area contributed by atoms with E-state index in [0.29, 0.717) is 5.65 Å². The molecule has 2 heterocycles. The average Bonchev–Trinajstić information content (AvgIpc) is 2.92. The van der Waals surface area contributed by atoms with Gasteiger partial charge in [-0.2, -0.15) is 0 Å². The smallest absolute Gasteiger partial charge is 0.276 e. The Morgan fingerprint density at radius 1 is 1.14 bits per heavy atom. The highest BCUT2D eigenvalue weighted by atomic mass is 127. The van der Waals surface area contributed by atoms with E-state index >= 15 is 0 Å². The van der Waals surface area contributed by atoms with Gasteiger partial charge in [-0.1, -0.05) is 12.1 Å². The Kier molecular flexibility index (Phi) is 3.10. The van der Waals surface area contributed by atoms with Gasteiger partial charge in [-0.05, 0) is 66.0 Å². The number of benzene rings is 1. The number of nitrogens with zero attached hydrogens (tertiary/aromatic N) is 2. The number of aromatic nitrogens is 3. The Balaban J connectivity index is 1.92. The lowest BCUT2D eigenvalue weighted by Gasteiger charge is -2.13. The number of halogens is 1. The first-order valence-electron chi connectivity index (χ1n) is 7.12. The van der Waals surface area contributed by atoms with Crippen molar-refractivity contribution in [3.05, 3.63) is 55.5 Å². The molecule has 0 saturated heterocycles. The third kappa shape index (κ3) is 2.19. The van der Waals surface area contributed by atoms with Gasteiger partial charge in [-0.3, -0.25) is 9.89 Å². The SMILES string of the molecule is O=c1c2c(nc3cc(-c4ccc(I)cc4)[nH]n13)CCCC2. The number of fused-ring (bicyclic) bond motifs is 2. The van der Waals surface area contributed by atoms with Crippen LogP contribution in [0.5, 0.6) is 0 Å². The summed E-state index contributed by atoms with van der Waals surface area (Å²) in [5.74, 6) is 0. The molecule has 1 aliphatic rings. The summed E-state index contributed by atoms with van der Waals surface area (Å²) in [6, 6.07) is 10.2. The van der Waals surface area contributed by atoms with Crippen molar-refractivity contribution in [2.45, 2.75) is 25.7 Å². The predicted molar refractivity (Wildman–Crippen MR) is 90.6 cm³/mol. The molecule has 0 spiro atoms. The zero-order valence-corrected chi connectivity index (χ0v) is 13.6. The van der Waals surface area contributed by atoms with Crippen molar-refractivity contribution >= 4 is 28.2 Å². The zero-order chi connectivity index (χ0) is 14.4. The zero-order valence-electron chi connectivity index (χ0n) is 11.4. The van der Waals surface area contributed by atoms with Gasteiger partial charge in [0.15, 0.2) is 5.65 Å². The fourth-order valence-electron chi connectivity index (χ4n) is 2.93. The Hall–Kier alpha value is -1.63. The summed E-state index contributed by atoms with van der Waals surface area (Å²) in [7, 11) is 0. The molecular weight excluding hydrogens is 377 g/mol. The maximum atomic E-state index is 12.6. The first-order chi connectivity index (χ1) is 10.2. The molecule has 1 aromatic carbocycles. The maximum absolute atomic E-state index is 12.6. The standard InChI is InChI=1S/C16H14IN3O/c17-11-7-5-10(6-8-11)14-9-15-18-13-4-2-1-3-12(13)16(21)20(15)19-14/h5-9,19H,1-4H2. The largest absolute Gasteiger partial charge is 0.289 e. The first kappa shape index (κ1) is 13.1. The van der Waals surface area contributed by atoms with Gasteiger partial charge in [0.2, 0.25) is 0 Å². The van der Waals surface area contributed by atoms with E-state index in [2.05, 4.69) is 56.9 Å². The molecule has 0 saturated carbocycles. The van der Waals surface area contributed by atoms with Crippen molar-refractivity contribution in [3.63, 3.8) is 0 Å². The van der Waals surface area contributed by atoms with E-state index in [4.69, 9.17) is 0 Å². The highest BCUT2D eigenvalue weighted by Gasteiger charge is 2.17. The predicted octanol–water partition coefficient (Wildman–Crippen LogP) is 3.17. The van der Waals surface area contributed by atoms with Crippen LogP contribution >= 0.6 is 22.6 Å². The van der Waals surface area contributed by atoms with E-state index < -0.39 is 0 Å². The van der Waals surface area contributed by atoms with Crippen molar-refractivity contribution in [2.24, 2.45) is 0 Å². The van der Waals surface area contributed by atoms with Crippen LogP contribution in [0.25, 0.3) is 16.9 Å². The van der Waals surface area contributed by atoms with Crippen LogP contribution in [0.3, 0.4) is 0 Å². The Labute approximate surface area is 135 Å². The topological polar surface area (TPSA) is 50.2 Å². The molecule has 1 aliphatic carbocycles. The van der Waals surface area contributed by atoms with E-state index in [0.717, 1.165) is 48.2 Å². The number of nitrogens with one attached hydrogen (secondary N) is 1. The Morgan fingerprint density at radius 2 is 1.90 bits per heavy atom. The molecule has 0 radical (unpaired) electrons. The molecule has 0 atom stereocenters. The fraction of sp³-hybridized carbons (Fsp3) is 0.250. The van der Waals surface area contributed by atoms with Crippen LogP contribution in [0.2, 0.25) is 0 Å². The van der Waals surface area contributed by atoms with Gasteiger partial charge in [-0.15, -0.1) is 0 Å². The monoisotopic (exact) mass is 391 g/mol. The Morgan fingerprint density at radius 3 is 2.71 bits per heavy atom. The molecule has 0 aliphatic heterocycles. The van der Waals surface area contributed by atoms with Crippen molar-refractivity contribution in [2.75, 3.05) is 0 Å². The van der Waals surface area contributed by atoms with Crippen molar-refractivity contribution in [3.8, 4) is 11.3 Å². The number of H-pyrrole nitrogens is 1. The second-order valence-electron chi connectivity index (χ2n) is 5.42. The summed E-state index contributed by atoms with van der Waals surface area (Å²) in [4.78, 5) is 17.2. The number of aryl methyl sites for hydroxylation is 1. The van der Waals surface area contributed by atoms with Gasteiger partial charge in [0.1, 0.15) is 0 Å². The molecule has 4 rings (SSSR count). The quantitative estimate of drug-likeness (QED) is 0.648. The second kappa shape index (κ2) is 4.98. The molecule has 5 heteroatoms.